The molecular weight excluding hydrogens is 620 g/mol. The van der Waals surface area contributed by atoms with Crippen LogP contribution in [-0.2, 0) is 16.0 Å². The number of hydrogen-bond acceptors (Lipinski definition) is 5. The van der Waals surface area contributed by atoms with Crippen molar-refractivity contribution in [3.8, 4) is 0 Å². The van der Waals surface area contributed by atoms with Crippen LogP contribution in [0.5, 0.6) is 0 Å². The first-order valence-corrected chi connectivity index (χ1v) is 12.6. The van der Waals surface area contributed by atoms with Gasteiger partial charge in [-0.05, 0) is 83.1 Å². The third-order valence-electron chi connectivity index (χ3n) is 5.76. The van der Waals surface area contributed by atoms with Crippen molar-refractivity contribution in [1.82, 2.24) is 4.90 Å². The van der Waals surface area contributed by atoms with Gasteiger partial charge >= 0.3 is 0 Å². The third kappa shape index (κ3) is 5.53. The van der Waals surface area contributed by atoms with Crippen LogP contribution in [0.3, 0.4) is 0 Å². The van der Waals surface area contributed by atoms with Gasteiger partial charge in [0.15, 0.2) is 0 Å². The molecule has 0 aliphatic carbocycles. The normalized spacial score (nSPS) is 15.3. The van der Waals surface area contributed by atoms with Crippen LogP contribution in [0, 0.1) is 13.7 Å². The van der Waals surface area contributed by atoms with Gasteiger partial charge in [-0.1, -0.05) is 35.3 Å². The molecule has 0 saturated carbocycles. The summed E-state index contributed by atoms with van der Waals surface area (Å²) in [6, 6.07) is 16.6. The maximum Gasteiger partial charge on any atom is 0.288 e. The summed E-state index contributed by atoms with van der Waals surface area (Å²) in [5.41, 5.74) is 0.808. The van der Waals surface area contributed by atoms with Gasteiger partial charge in [0.1, 0.15) is 11.1 Å². The zero-order chi connectivity index (χ0) is 26.0. The van der Waals surface area contributed by atoms with Gasteiger partial charge in [0.25, 0.3) is 17.5 Å². The Hall–Kier alpha value is -3.02. The number of carbonyl (C=O) groups is 3. The fraction of sp³-hybridized carbons (Fsp3) is 0.160. The van der Waals surface area contributed by atoms with Gasteiger partial charge in [-0.3, -0.25) is 24.5 Å². The van der Waals surface area contributed by atoms with Gasteiger partial charge in [0.05, 0.1) is 17.0 Å². The second kappa shape index (κ2) is 10.9. The van der Waals surface area contributed by atoms with E-state index in [1.54, 1.807) is 42.5 Å². The van der Waals surface area contributed by atoms with E-state index in [-0.39, 0.29) is 23.6 Å². The Morgan fingerprint density at radius 1 is 1.08 bits per heavy atom. The van der Waals surface area contributed by atoms with Gasteiger partial charge in [-0.15, -0.1) is 0 Å². The molecule has 36 heavy (non-hydrogen) atoms. The molecule has 3 aromatic rings. The highest BCUT2D eigenvalue weighted by Gasteiger charge is 2.44. The molecule has 1 fully saturated rings. The Bertz CT molecular complexity index is 1370. The van der Waals surface area contributed by atoms with Crippen LogP contribution < -0.4 is 4.90 Å². The van der Waals surface area contributed by atoms with E-state index >= 15 is 0 Å². The highest BCUT2D eigenvalue weighted by Crippen LogP contribution is 2.30. The first-order valence-electron chi connectivity index (χ1n) is 10.8. The standard InChI is InChI=1S/C25H18Cl2IN3O5/c26-17-3-1-2-15(12-17)10-11-29(24(33)16-4-9-20(27)21(13-16)31(35)36)22-14-23(32)30(25(22)34)19-7-5-18(28)6-8-19/h1-9,12-13,22H,10-11,14H2. The number of hydrogen-bond donors (Lipinski definition) is 0. The van der Waals surface area contributed by atoms with Crippen LogP contribution in [0.25, 0.3) is 0 Å². The average Bonchev–Trinajstić information content (AvgIpc) is 3.13. The molecule has 3 amide bonds. The summed E-state index contributed by atoms with van der Waals surface area (Å²) in [7, 11) is 0. The monoisotopic (exact) mass is 637 g/mol. The number of rotatable bonds is 7. The molecule has 1 unspecified atom stereocenters. The number of carbonyl (C=O) groups excluding carboxylic acids is 3. The number of anilines is 1. The summed E-state index contributed by atoms with van der Waals surface area (Å²) < 4.78 is 0.939. The van der Waals surface area contributed by atoms with Gasteiger partial charge in [0.2, 0.25) is 5.91 Å². The van der Waals surface area contributed by atoms with Gasteiger partial charge < -0.3 is 4.90 Å². The predicted octanol–water partition coefficient (Wildman–Crippen LogP) is 5.52. The quantitative estimate of drug-likeness (QED) is 0.147. The largest absolute Gasteiger partial charge is 0.326 e. The van der Waals surface area contributed by atoms with Crippen LogP contribution in [0.15, 0.2) is 66.7 Å². The summed E-state index contributed by atoms with van der Waals surface area (Å²) >= 11 is 14.1. The summed E-state index contributed by atoms with van der Waals surface area (Å²) in [5, 5.41) is 11.8. The molecule has 1 heterocycles. The van der Waals surface area contributed by atoms with Crippen LogP contribution in [0.4, 0.5) is 11.4 Å². The van der Waals surface area contributed by atoms with Crippen LogP contribution in [-0.4, -0.2) is 40.1 Å². The van der Waals surface area contributed by atoms with Gasteiger partial charge in [0, 0.05) is 26.8 Å². The lowest BCUT2D eigenvalue weighted by Gasteiger charge is -2.28. The van der Waals surface area contributed by atoms with E-state index in [2.05, 4.69) is 22.6 Å². The van der Waals surface area contributed by atoms with E-state index in [1.165, 1.54) is 17.0 Å². The van der Waals surface area contributed by atoms with E-state index in [0.717, 1.165) is 20.1 Å². The first-order chi connectivity index (χ1) is 17.2. The van der Waals surface area contributed by atoms with Crippen molar-refractivity contribution in [1.29, 1.82) is 0 Å². The predicted molar refractivity (Wildman–Crippen MR) is 144 cm³/mol. The van der Waals surface area contributed by atoms with Crippen LogP contribution in [0.1, 0.15) is 22.3 Å². The second-order valence-corrected chi connectivity index (χ2v) is 10.2. The smallest absolute Gasteiger partial charge is 0.288 e. The molecule has 3 aromatic carbocycles. The van der Waals surface area contributed by atoms with Crippen molar-refractivity contribution >= 4 is 74.9 Å². The van der Waals surface area contributed by atoms with Crippen molar-refractivity contribution in [3.63, 3.8) is 0 Å². The van der Waals surface area contributed by atoms with E-state index in [4.69, 9.17) is 23.2 Å². The van der Waals surface area contributed by atoms with Crippen LogP contribution in [0.2, 0.25) is 10.0 Å². The summed E-state index contributed by atoms with van der Waals surface area (Å²) in [6.07, 6.45) is 0.144. The fourth-order valence-electron chi connectivity index (χ4n) is 4.01. The Morgan fingerprint density at radius 2 is 1.81 bits per heavy atom. The second-order valence-electron chi connectivity index (χ2n) is 8.07. The van der Waals surface area contributed by atoms with Crippen molar-refractivity contribution in [3.05, 3.63) is 102 Å². The SMILES string of the molecule is O=C1CC(N(CCc2cccc(Cl)c2)C(=O)c2ccc(Cl)c([N+](=O)[O-])c2)C(=O)N1c1ccc(I)cc1. The Kier molecular flexibility index (Phi) is 7.91. The minimum Gasteiger partial charge on any atom is -0.326 e. The van der Waals surface area contributed by atoms with Crippen molar-refractivity contribution in [2.45, 2.75) is 18.9 Å². The number of imide groups is 1. The van der Waals surface area contributed by atoms with E-state index in [1.807, 2.05) is 6.07 Å². The number of halogens is 3. The van der Waals surface area contributed by atoms with Crippen molar-refractivity contribution in [2.24, 2.45) is 0 Å². The minimum atomic E-state index is -1.07. The minimum absolute atomic E-state index is 0.00911. The number of amides is 3. The Balaban J connectivity index is 1.68. The number of nitrogens with zero attached hydrogens (tertiary/aromatic N) is 3. The average molecular weight is 638 g/mol. The van der Waals surface area contributed by atoms with Crippen LogP contribution >= 0.6 is 45.8 Å². The van der Waals surface area contributed by atoms with Crippen molar-refractivity contribution in [2.75, 3.05) is 11.4 Å². The molecule has 1 saturated heterocycles. The zero-order valence-electron chi connectivity index (χ0n) is 18.6. The lowest BCUT2D eigenvalue weighted by atomic mass is 10.1. The summed E-state index contributed by atoms with van der Waals surface area (Å²) in [5.74, 6) is -1.59. The lowest BCUT2D eigenvalue weighted by Crippen LogP contribution is -2.46. The molecule has 1 aliphatic rings. The third-order valence-corrected chi connectivity index (χ3v) is 7.04. The molecule has 184 valence electrons. The topological polar surface area (TPSA) is 101 Å². The molecule has 0 aromatic heterocycles. The molecule has 8 nitrogen and oxygen atoms in total. The molecular formula is C25H18Cl2IN3O5. The molecule has 1 aliphatic heterocycles. The molecule has 0 radical (unpaired) electrons. The molecule has 11 heteroatoms. The molecule has 0 N–H and O–H groups in total. The lowest BCUT2D eigenvalue weighted by molar-refractivity contribution is -0.384. The zero-order valence-corrected chi connectivity index (χ0v) is 22.2. The number of nitro groups is 1. The van der Waals surface area contributed by atoms with E-state index < -0.39 is 34.4 Å². The maximum atomic E-state index is 13.6. The fourth-order valence-corrected chi connectivity index (χ4v) is 4.77. The number of nitro benzene ring substituents is 1. The van der Waals surface area contributed by atoms with E-state index in [9.17, 15) is 24.5 Å². The summed E-state index contributed by atoms with van der Waals surface area (Å²) in [6.45, 7) is 0.0831. The van der Waals surface area contributed by atoms with E-state index in [0.29, 0.717) is 17.1 Å². The van der Waals surface area contributed by atoms with Gasteiger partial charge in [-0.2, -0.15) is 0 Å². The Morgan fingerprint density at radius 3 is 2.47 bits per heavy atom. The van der Waals surface area contributed by atoms with Crippen molar-refractivity contribution < 1.29 is 19.3 Å². The first kappa shape index (κ1) is 26.1. The van der Waals surface area contributed by atoms with Gasteiger partial charge in [-0.25, -0.2) is 4.90 Å². The molecule has 1 atom stereocenters. The highest BCUT2D eigenvalue weighted by molar-refractivity contribution is 14.1. The number of benzene rings is 3. The molecule has 4 rings (SSSR count). The maximum absolute atomic E-state index is 13.6. The summed E-state index contributed by atoms with van der Waals surface area (Å²) in [4.78, 5) is 53.0. The Labute approximate surface area is 230 Å². The molecule has 0 bridgehead atoms. The highest BCUT2D eigenvalue weighted by atomic mass is 127. The molecule has 0 spiro atoms.